The van der Waals surface area contributed by atoms with Crippen LogP contribution in [0.25, 0.3) is 0 Å². The van der Waals surface area contributed by atoms with Crippen LogP contribution in [0.2, 0.25) is 0 Å². The molecule has 1 N–H and O–H groups in total. The molecule has 21 heavy (non-hydrogen) atoms. The molecular weight excluding hydrogens is 377 g/mol. The second-order valence-electron chi connectivity index (χ2n) is 6.64. The fourth-order valence-electron chi connectivity index (χ4n) is 2.97. The smallest absolute Gasteiger partial charge is 0.162 e. The molecule has 0 spiro atoms. The molecule has 0 radical (unpaired) electrons. The molecule has 118 valence electrons. The highest BCUT2D eigenvalue weighted by atomic mass is 127. The zero-order valence-electron chi connectivity index (χ0n) is 13.7. The van der Waals surface area contributed by atoms with E-state index in [9.17, 15) is 0 Å². The van der Waals surface area contributed by atoms with Crippen molar-refractivity contribution >= 4 is 28.4 Å². The van der Waals surface area contributed by atoms with Gasteiger partial charge in [0.25, 0.3) is 0 Å². The third-order valence-electron chi connectivity index (χ3n) is 4.49. The van der Waals surface area contributed by atoms with Gasteiger partial charge in [-0.1, -0.05) is 13.8 Å². The maximum atomic E-state index is 6.19. The van der Waals surface area contributed by atoms with Gasteiger partial charge in [0.2, 0.25) is 0 Å². The molecule has 1 aliphatic carbocycles. The van der Waals surface area contributed by atoms with Gasteiger partial charge < -0.3 is 10.1 Å². The van der Waals surface area contributed by atoms with Crippen molar-refractivity contribution < 1.29 is 4.74 Å². The van der Waals surface area contributed by atoms with Crippen molar-refractivity contribution in [1.82, 2.24) is 9.97 Å². The van der Waals surface area contributed by atoms with Crippen LogP contribution in [-0.4, -0.2) is 23.6 Å². The summed E-state index contributed by atoms with van der Waals surface area (Å²) in [4.78, 5) is 9.52. The minimum atomic E-state index is -0.315. The number of anilines is 1. The molecule has 1 aromatic rings. The summed E-state index contributed by atoms with van der Waals surface area (Å²) in [7, 11) is 1.91. The van der Waals surface area contributed by atoms with E-state index in [1.54, 1.807) is 0 Å². The van der Waals surface area contributed by atoms with Crippen molar-refractivity contribution in [3.8, 4) is 0 Å². The van der Waals surface area contributed by atoms with Gasteiger partial charge in [0.1, 0.15) is 11.4 Å². The van der Waals surface area contributed by atoms with E-state index in [1.807, 2.05) is 14.0 Å². The Kier molecular flexibility index (Phi) is 5.13. The van der Waals surface area contributed by atoms with E-state index in [0.29, 0.717) is 12.0 Å². The lowest BCUT2D eigenvalue weighted by atomic mass is 9.70. The molecule has 4 nitrogen and oxygen atoms in total. The Morgan fingerprint density at radius 3 is 2.33 bits per heavy atom. The van der Waals surface area contributed by atoms with E-state index < -0.39 is 0 Å². The molecule has 1 heterocycles. The summed E-state index contributed by atoms with van der Waals surface area (Å²) in [5.74, 6) is 1.75. The van der Waals surface area contributed by atoms with Crippen molar-refractivity contribution in [2.45, 2.75) is 59.0 Å². The number of rotatable bonds is 4. The van der Waals surface area contributed by atoms with Gasteiger partial charge in [-0.15, -0.1) is 0 Å². The molecule has 2 rings (SSSR count). The van der Waals surface area contributed by atoms with Crippen LogP contribution in [0.4, 0.5) is 5.82 Å². The Balaban J connectivity index is 2.41. The van der Waals surface area contributed by atoms with Gasteiger partial charge in [-0.25, -0.2) is 9.97 Å². The molecule has 0 aliphatic heterocycles. The van der Waals surface area contributed by atoms with Gasteiger partial charge in [0, 0.05) is 13.7 Å². The van der Waals surface area contributed by atoms with Crippen molar-refractivity contribution in [2.24, 2.45) is 5.41 Å². The number of halogens is 1. The van der Waals surface area contributed by atoms with Gasteiger partial charge in [0.15, 0.2) is 5.82 Å². The second kappa shape index (κ2) is 6.36. The van der Waals surface area contributed by atoms with E-state index in [-0.39, 0.29) is 5.60 Å². The van der Waals surface area contributed by atoms with Gasteiger partial charge >= 0.3 is 0 Å². The Morgan fingerprint density at radius 1 is 1.19 bits per heavy atom. The first kappa shape index (κ1) is 16.9. The monoisotopic (exact) mass is 403 g/mol. The van der Waals surface area contributed by atoms with E-state index >= 15 is 0 Å². The fourth-order valence-corrected chi connectivity index (χ4v) is 3.48. The van der Waals surface area contributed by atoms with Crippen LogP contribution in [0, 0.1) is 15.9 Å². The molecular formula is C16H26IN3O. The Bertz CT molecular complexity index is 506. The first-order valence-electron chi connectivity index (χ1n) is 7.70. The highest BCUT2D eigenvalue weighted by Crippen LogP contribution is 2.46. The second-order valence-corrected chi connectivity index (χ2v) is 7.72. The third-order valence-corrected chi connectivity index (χ3v) is 5.78. The molecule has 0 aromatic carbocycles. The summed E-state index contributed by atoms with van der Waals surface area (Å²) in [5.41, 5.74) is 1.10. The quantitative estimate of drug-likeness (QED) is 0.764. The SMILES string of the molecule is CCOC1(c2nc(C)c(I)c(NC)n2)CCC(C)(C)CC1. The normalized spacial score (nSPS) is 20.3. The molecule has 1 aromatic heterocycles. The predicted octanol–water partition coefficient (Wildman–Crippen LogP) is 4.26. The topological polar surface area (TPSA) is 47.0 Å². The van der Waals surface area contributed by atoms with Crippen LogP contribution in [-0.2, 0) is 10.3 Å². The molecule has 0 atom stereocenters. The molecule has 0 bridgehead atoms. The number of nitrogens with zero attached hydrogens (tertiary/aromatic N) is 2. The van der Waals surface area contributed by atoms with Crippen molar-refractivity contribution in [1.29, 1.82) is 0 Å². The van der Waals surface area contributed by atoms with Gasteiger partial charge in [0.05, 0.1) is 9.26 Å². The average molecular weight is 403 g/mol. The summed E-state index contributed by atoms with van der Waals surface area (Å²) in [5, 5.41) is 3.18. The zero-order chi connectivity index (χ0) is 15.7. The highest BCUT2D eigenvalue weighted by molar-refractivity contribution is 14.1. The largest absolute Gasteiger partial charge is 0.372 e. The first-order valence-corrected chi connectivity index (χ1v) is 8.78. The highest BCUT2D eigenvalue weighted by Gasteiger charge is 2.43. The lowest BCUT2D eigenvalue weighted by Gasteiger charge is -2.42. The summed E-state index contributed by atoms with van der Waals surface area (Å²) < 4.78 is 7.27. The van der Waals surface area contributed by atoms with Gasteiger partial charge in [-0.2, -0.15) is 0 Å². The van der Waals surface area contributed by atoms with Crippen molar-refractivity contribution in [3.05, 3.63) is 15.1 Å². The number of aromatic nitrogens is 2. The molecule has 0 saturated heterocycles. The minimum Gasteiger partial charge on any atom is -0.372 e. The number of aryl methyl sites for hydroxylation is 1. The Labute approximate surface area is 141 Å². The molecule has 0 amide bonds. The number of ether oxygens (including phenoxy) is 1. The molecule has 1 aliphatic rings. The van der Waals surface area contributed by atoms with E-state index in [4.69, 9.17) is 14.7 Å². The maximum Gasteiger partial charge on any atom is 0.162 e. The zero-order valence-corrected chi connectivity index (χ0v) is 15.9. The Hall–Kier alpha value is -0.430. The van der Waals surface area contributed by atoms with Crippen LogP contribution in [0.5, 0.6) is 0 Å². The summed E-state index contributed by atoms with van der Waals surface area (Å²) in [6.07, 6.45) is 4.29. The number of hydrogen-bond acceptors (Lipinski definition) is 4. The van der Waals surface area contributed by atoms with Crippen LogP contribution < -0.4 is 5.32 Å². The Morgan fingerprint density at radius 2 is 1.81 bits per heavy atom. The molecule has 1 saturated carbocycles. The van der Waals surface area contributed by atoms with Crippen LogP contribution in [0.15, 0.2) is 0 Å². The average Bonchev–Trinajstić information content (AvgIpc) is 2.44. The lowest BCUT2D eigenvalue weighted by Crippen LogP contribution is -2.39. The summed E-state index contributed by atoms with van der Waals surface area (Å²) >= 11 is 2.30. The molecule has 0 unspecified atom stereocenters. The standard InChI is InChI=1S/C16H26IN3O/c1-6-21-16(9-7-15(3,4)8-10-16)14-19-11(2)12(17)13(18-5)20-14/h6-10H2,1-5H3,(H,18,19,20). The fraction of sp³-hybridized carbons (Fsp3) is 0.750. The van der Waals surface area contributed by atoms with Crippen LogP contribution in [0.3, 0.4) is 0 Å². The van der Waals surface area contributed by atoms with Crippen molar-refractivity contribution in [3.63, 3.8) is 0 Å². The van der Waals surface area contributed by atoms with E-state index in [0.717, 1.165) is 46.6 Å². The van der Waals surface area contributed by atoms with E-state index in [1.165, 1.54) is 0 Å². The van der Waals surface area contributed by atoms with E-state index in [2.05, 4.69) is 48.7 Å². The van der Waals surface area contributed by atoms with Gasteiger partial charge in [-0.05, 0) is 67.5 Å². The summed E-state index contributed by atoms with van der Waals surface area (Å²) in [6, 6.07) is 0. The lowest BCUT2D eigenvalue weighted by molar-refractivity contribution is -0.0948. The van der Waals surface area contributed by atoms with Gasteiger partial charge in [-0.3, -0.25) is 0 Å². The predicted molar refractivity (Wildman–Crippen MR) is 94.6 cm³/mol. The summed E-state index contributed by atoms with van der Waals surface area (Å²) in [6.45, 7) is 9.47. The number of hydrogen-bond donors (Lipinski definition) is 1. The first-order chi connectivity index (χ1) is 9.83. The third kappa shape index (κ3) is 3.50. The molecule has 1 fully saturated rings. The van der Waals surface area contributed by atoms with Crippen molar-refractivity contribution in [2.75, 3.05) is 19.0 Å². The molecule has 5 heteroatoms. The minimum absolute atomic E-state index is 0.315. The van der Waals surface area contributed by atoms with Crippen LogP contribution in [0.1, 0.15) is 58.0 Å². The van der Waals surface area contributed by atoms with Crippen LogP contribution >= 0.6 is 22.6 Å². The number of nitrogens with one attached hydrogen (secondary N) is 1. The maximum absolute atomic E-state index is 6.19.